The third-order valence-corrected chi connectivity index (χ3v) is 2.13. The Hall–Kier alpha value is -1.94. The van der Waals surface area contributed by atoms with Crippen LogP contribution < -0.4 is 0 Å². The molecule has 90 valence electrons. The van der Waals surface area contributed by atoms with Gasteiger partial charge in [0.1, 0.15) is 0 Å². The highest BCUT2D eigenvalue weighted by Crippen LogP contribution is 2.00. The average molecular weight is 232 g/mol. The largest absolute Gasteiger partial charge is 0.395 e. The highest BCUT2D eigenvalue weighted by Gasteiger charge is 2.07. The summed E-state index contributed by atoms with van der Waals surface area (Å²) in [6, 6.07) is 3.67. The van der Waals surface area contributed by atoms with Crippen molar-refractivity contribution in [2.75, 3.05) is 19.7 Å². The van der Waals surface area contributed by atoms with Crippen LogP contribution in [0.5, 0.6) is 0 Å². The highest BCUT2D eigenvalue weighted by molar-refractivity contribution is 5.91. The third kappa shape index (κ3) is 4.61. The lowest BCUT2D eigenvalue weighted by atomic mass is 10.2. The van der Waals surface area contributed by atoms with Gasteiger partial charge in [-0.05, 0) is 17.7 Å². The van der Waals surface area contributed by atoms with Crippen molar-refractivity contribution >= 4 is 12.0 Å². The molecular formula is C13H16N2O2. The van der Waals surface area contributed by atoms with E-state index >= 15 is 0 Å². The predicted octanol–water partition coefficient (Wildman–Crippen LogP) is 1.10. The maximum atomic E-state index is 11.8. The first-order chi connectivity index (χ1) is 8.27. The average Bonchev–Trinajstić information content (AvgIpc) is 2.37. The second-order valence-electron chi connectivity index (χ2n) is 3.42. The summed E-state index contributed by atoms with van der Waals surface area (Å²) < 4.78 is 0. The minimum Gasteiger partial charge on any atom is -0.395 e. The van der Waals surface area contributed by atoms with E-state index in [2.05, 4.69) is 11.6 Å². The summed E-state index contributed by atoms with van der Waals surface area (Å²) in [7, 11) is 0. The molecule has 0 saturated heterocycles. The third-order valence-electron chi connectivity index (χ3n) is 2.13. The fourth-order valence-corrected chi connectivity index (χ4v) is 1.32. The molecule has 0 aromatic carbocycles. The molecule has 4 heteroatoms. The second kappa shape index (κ2) is 7.35. The summed E-state index contributed by atoms with van der Waals surface area (Å²) in [5.41, 5.74) is 0.864. The summed E-state index contributed by atoms with van der Waals surface area (Å²) in [5.74, 6) is -0.150. The zero-order chi connectivity index (χ0) is 12.5. The lowest BCUT2D eigenvalue weighted by Crippen LogP contribution is -2.32. The van der Waals surface area contributed by atoms with Crippen molar-refractivity contribution in [3.8, 4) is 0 Å². The van der Waals surface area contributed by atoms with Crippen molar-refractivity contribution in [3.05, 3.63) is 48.8 Å². The molecule has 0 atom stereocenters. The molecule has 0 aliphatic carbocycles. The summed E-state index contributed by atoms with van der Waals surface area (Å²) in [6.45, 7) is 4.25. The minimum atomic E-state index is -0.150. The quantitative estimate of drug-likeness (QED) is 0.590. The Balaban J connectivity index is 2.63. The number of aromatic nitrogens is 1. The molecule has 1 rings (SSSR count). The maximum Gasteiger partial charge on any atom is 0.246 e. The number of carbonyl (C=O) groups excluding carboxylic acids is 1. The van der Waals surface area contributed by atoms with E-state index in [1.165, 1.54) is 11.0 Å². The Kier molecular flexibility index (Phi) is 5.68. The fraction of sp³-hybridized carbons (Fsp3) is 0.231. The second-order valence-corrected chi connectivity index (χ2v) is 3.42. The zero-order valence-corrected chi connectivity index (χ0v) is 9.62. The lowest BCUT2D eigenvalue weighted by molar-refractivity contribution is -0.125. The molecule has 1 aromatic heterocycles. The van der Waals surface area contributed by atoms with E-state index in [1.807, 2.05) is 6.07 Å². The van der Waals surface area contributed by atoms with Gasteiger partial charge in [-0.15, -0.1) is 6.58 Å². The van der Waals surface area contributed by atoms with Crippen LogP contribution in [0.4, 0.5) is 0 Å². The van der Waals surface area contributed by atoms with Gasteiger partial charge in [0, 0.05) is 31.6 Å². The maximum absolute atomic E-state index is 11.8. The normalized spacial score (nSPS) is 10.4. The minimum absolute atomic E-state index is 0.0552. The Bertz CT molecular complexity index is 388. The fourth-order valence-electron chi connectivity index (χ4n) is 1.32. The molecule has 1 N–H and O–H groups in total. The number of nitrogens with zero attached hydrogens (tertiary/aromatic N) is 2. The number of hydrogen-bond acceptors (Lipinski definition) is 3. The van der Waals surface area contributed by atoms with Gasteiger partial charge < -0.3 is 10.0 Å². The first-order valence-electron chi connectivity index (χ1n) is 5.36. The molecule has 0 aliphatic heterocycles. The molecule has 1 aromatic rings. The lowest BCUT2D eigenvalue weighted by Gasteiger charge is -2.17. The van der Waals surface area contributed by atoms with Gasteiger partial charge in [-0.3, -0.25) is 9.78 Å². The van der Waals surface area contributed by atoms with Crippen molar-refractivity contribution in [1.29, 1.82) is 0 Å². The van der Waals surface area contributed by atoms with E-state index in [1.54, 1.807) is 30.6 Å². The standard InChI is InChI=1S/C13H16N2O2/c1-2-8-15(9-10-16)13(17)6-5-12-4-3-7-14-11-12/h2-7,11,16H,1,8-10H2/b6-5+. The molecule has 0 spiro atoms. The van der Waals surface area contributed by atoms with Crippen molar-refractivity contribution in [1.82, 2.24) is 9.88 Å². The van der Waals surface area contributed by atoms with Crippen molar-refractivity contribution in [2.24, 2.45) is 0 Å². The van der Waals surface area contributed by atoms with Crippen LogP contribution in [0.25, 0.3) is 6.08 Å². The molecule has 0 saturated carbocycles. The molecule has 0 fully saturated rings. The van der Waals surface area contributed by atoms with E-state index in [-0.39, 0.29) is 12.5 Å². The number of amides is 1. The highest BCUT2D eigenvalue weighted by atomic mass is 16.3. The molecule has 4 nitrogen and oxygen atoms in total. The number of rotatable bonds is 6. The Morgan fingerprint density at radius 3 is 3.00 bits per heavy atom. The van der Waals surface area contributed by atoms with E-state index in [0.717, 1.165) is 5.56 Å². The monoisotopic (exact) mass is 232 g/mol. The summed E-state index contributed by atoms with van der Waals surface area (Å²) in [5, 5.41) is 8.84. The number of aliphatic hydroxyl groups is 1. The smallest absolute Gasteiger partial charge is 0.246 e. The van der Waals surface area contributed by atoms with Gasteiger partial charge in [0.25, 0.3) is 0 Å². The Morgan fingerprint density at radius 1 is 1.59 bits per heavy atom. The first kappa shape index (κ1) is 13.1. The molecule has 1 amide bonds. The number of carbonyl (C=O) groups is 1. The van der Waals surface area contributed by atoms with E-state index < -0.39 is 0 Å². The van der Waals surface area contributed by atoms with Gasteiger partial charge in [0.15, 0.2) is 0 Å². The SMILES string of the molecule is C=CCN(CCO)C(=O)/C=C/c1cccnc1. The van der Waals surface area contributed by atoms with Crippen molar-refractivity contribution < 1.29 is 9.90 Å². The molecular weight excluding hydrogens is 216 g/mol. The van der Waals surface area contributed by atoms with Crippen LogP contribution in [0, 0.1) is 0 Å². The van der Waals surface area contributed by atoms with Crippen LogP contribution >= 0.6 is 0 Å². The van der Waals surface area contributed by atoms with Crippen LogP contribution in [-0.4, -0.2) is 40.6 Å². The van der Waals surface area contributed by atoms with Gasteiger partial charge in [-0.1, -0.05) is 12.1 Å². The number of pyridine rings is 1. The molecule has 0 unspecified atom stereocenters. The number of hydrogen-bond donors (Lipinski definition) is 1. The summed E-state index contributed by atoms with van der Waals surface area (Å²) >= 11 is 0. The summed E-state index contributed by atoms with van der Waals surface area (Å²) in [6.07, 6.45) is 8.15. The molecule has 0 bridgehead atoms. The van der Waals surface area contributed by atoms with Gasteiger partial charge in [-0.25, -0.2) is 0 Å². The molecule has 0 aliphatic rings. The van der Waals surface area contributed by atoms with Crippen LogP contribution in [0.3, 0.4) is 0 Å². The van der Waals surface area contributed by atoms with Crippen molar-refractivity contribution in [2.45, 2.75) is 0 Å². The Labute approximate surface area is 101 Å². The Morgan fingerprint density at radius 2 is 2.41 bits per heavy atom. The van der Waals surface area contributed by atoms with Gasteiger partial charge >= 0.3 is 0 Å². The van der Waals surface area contributed by atoms with E-state index in [9.17, 15) is 4.79 Å². The number of aliphatic hydroxyl groups excluding tert-OH is 1. The van der Waals surface area contributed by atoms with E-state index in [4.69, 9.17) is 5.11 Å². The van der Waals surface area contributed by atoms with Gasteiger partial charge in [0.05, 0.1) is 6.61 Å². The van der Waals surface area contributed by atoms with Gasteiger partial charge in [0.2, 0.25) is 5.91 Å². The topological polar surface area (TPSA) is 53.4 Å². The van der Waals surface area contributed by atoms with Crippen LogP contribution in [0.15, 0.2) is 43.3 Å². The molecule has 17 heavy (non-hydrogen) atoms. The van der Waals surface area contributed by atoms with Crippen molar-refractivity contribution in [3.63, 3.8) is 0 Å². The van der Waals surface area contributed by atoms with E-state index in [0.29, 0.717) is 13.1 Å². The first-order valence-corrected chi connectivity index (χ1v) is 5.36. The van der Waals surface area contributed by atoms with Crippen LogP contribution in [-0.2, 0) is 4.79 Å². The van der Waals surface area contributed by atoms with Crippen LogP contribution in [0.1, 0.15) is 5.56 Å². The summed E-state index contributed by atoms with van der Waals surface area (Å²) in [4.78, 5) is 17.2. The predicted molar refractivity (Wildman–Crippen MR) is 67.1 cm³/mol. The molecule has 1 heterocycles. The molecule has 0 radical (unpaired) electrons. The van der Waals surface area contributed by atoms with Gasteiger partial charge in [-0.2, -0.15) is 0 Å². The zero-order valence-electron chi connectivity index (χ0n) is 9.62. The van der Waals surface area contributed by atoms with Crippen LogP contribution in [0.2, 0.25) is 0 Å².